The molecule has 0 aliphatic heterocycles. The number of aliphatic carboxylic acids is 2. The first-order chi connectivity index (χ1) is 9.95. The highest BCUT2D eigenvalue weighted by molar-refractivity contribution is 5.74. The molecule has 0 aliphatic carbocycles. The Bertz CT molecular complexity index is 461. The topological polar surface area (TPSA) is 77.8 Å². The average Bonchev–Trinajstić information content (AvgIpc) is 2.44. The van der Waals surface area contributed by atoms with E-state index in [1.165, 1.54) is 0 Å². The number of carbonyl (C=O) groups is 2. The Morgan fingerprint density at radius 2 is 1.76 bits per heavy atom. The summed E-state index contributed by atoms with van der Waals surface area (Å²) in [6.07, 6.45) is 1.25. The molecule has 0 spiro atoms. The lowest BCUT2D eigenvalue weighted by Gasteiger charge is -2.30. The van der Waals surface area contributed by atoms with Crippen LogP contribution in [0.4, 0.5) is 0 Å². The number of carboxylic acid groups (broad SMARTS) is 2. The Balaban J connectivity index is 2.91. The second kappa shape index (κ2) is 8.42. The van der Waals surface area contributed by atoms with Crippen LogP contribution in [-0.4, -0.2) is 39.6 Å². The number of hydrogen-bond acceptors (Lipinski definition) is 3. The minimum Gasteiger partial charge on any atom is -0.481 e. The van der Waals surface area contributed by atoms with Crippen LogP contribution < -0.4 is 0 Å². The van der Waals surface area contributed by atoms with Gasteiger partial charge in [-0.2, -0.15) is 0 Å². The monoisotopic (exact) mass is 293 g/mol. The van der Waals surface area contributed by atoms with Gasteiger partial charge in [-0.3, -0.25) is 14.5 Å². The molecule has 0 radical (unpaired) electrons. The molecule has 0 saturated heterocycles. The van der Waals surface area contributed by atoms with E-state index in [2.05, 4.69) is 0 Å². The molecule has 0 heterocycles. The van der Waals surface area contributed by atoms with Gasteiger partial charge in [0.1, 0.15) is 6.04 Å². The Morgan fingerprint density at radius 3 is 2.24 bits per heavy atom. The molecule has 0 amide bonds. The SMILES string of the molecule is CCCC(C(=O)O)N(Cc1ccccc1)CC(C)C(=O)O. The van der Waals surface area contributed by atoms with Crippen LogP contribution in [0.2, 0.25) is 0 Å². The van der Waals surface area contributed by atoms with E-state index in [4.69, 9.17) is 5.11 Å². The molecular weight excluding hydrogens is 270 g/mol. The molecule has 1 aromatic rings. The first-order valence-corrected chi connectivity index (χ1v) is 7.19. The predicted molar refractivity (Wildman–Crippen MR) is 80.0 cm³/mol. The number of carboxylic acids is 2. The van der Waals surface area contributed by atoms with Crippen molar-refractivity contribution < 1.29 is 19.8 Å². The highest BCUT2D eigenvalue weighted by atomic mass is 16.4. The lowest BCUT2D eigenvalue weighted by atomic mass is 10.1. The van der Waals surface area contributed by atoms with Crippen molar-refractivity contribution in [1.29, 1.82) is 0 Å². The van der Waals surface area contributed by atoms with Crippen molar-refractivity contribution in [3.05, 3.63) is 35.9 Å². The van der Waals surface area contributed by atoms with Crippen molar-refractivity contribution in [3.63, 3.8) is 0 Å². The van der Waals surface area contributed by atoms with Gasteiger partial charge in [-0.1, -0.05) is 50.6 Å². The molecule has 2 atom stereocenters. The van der Waals surface area contributed by atoms with E-state index in [0.717, 1.165) is 12.0 Å². The molecule has 1 rings (SSSR count). The second-order valence-electron chi connectivity index (χ2n) is 5.30. The van der Waals surface area contributed by atoms with Gasteiger partial charge in [0.25, 0.3) is 0 Å². The van der Waals surface area contributed by atoms with Crippen LogP contribution in [0.3, 0.4) is 0 Å². The van der Waals surface area contributed by atoms with E-state index in [1.807, 2.05) is 37.3 Å². The maximum Gasteiger partial charge on any atom is 0.320 e. The van der Waals surface area contributed by atoms with E-state index in [9.17, 15) is 14.7 Å². The van der Waals surface area contributed by atoms with Crippen LogP contribution in [0, 0.1) is 5.92 Å². The maximum atomic E-state index is 11.5. The van der Waals surface area contributed by atoms with Crippen molar-refractivity contribution in [2.75, 3.05) is 6.54 Å². The molecule has 21 heavy (non-hydrogen) atoms. The summed E-state index contributed by atoms with van der Waals surface area (Å²) in [5, 5.41) is 18.5. The first-order valence-electron chi connectivity index (χ1n) is 7.19. The average molecular weight is 293 g/mol. The van der Waals surface area contributed by atoms with Crippen molar-refractivity contribution in [1.82, 2.24) is 4.90 Å². The normalized spacial score (nSPS) is 13.9. The van der Waals surface area contributed by atoms with E-state index in [0.29, 0.717) is 13.0 Å². The zero-order chi connectivity index (χ0) is 15.8. The Kier molecular flexibility index (Phi) is 6.88. The van der Waals surface area contributed by atoms with E-state index >= 15 is 0 Å². The van der Waals surface area contributed by atoms with Gasteiger partial charge < -0.3 is 10.2 Å². The second-order valence-corrected chi connectivity index (χ2v) is 5.30. The third kappa shape index (κ3) is 5.55. The standard InChI is InChI=1S/C16H23NO4/c1-3-7-14(16(20)21)17(10-12(2)15(18)19)11-13-8-5-4-6-9-13/h4-6,8-9,12,14H,3,7,10-11H2,1-2H3,(H,18,19)(H,20,21). The molecule has 0 saturated carbocycles. The van der Waals surface area contributed by atoms with Gasteiger partial charge in [0.15, 0.2) is 0 Å². The Hall–Kier alpha value is -1.88. The summed E-state index contributed by atoms with van der Waals surface area (Å²) in [5.74, 6) is -2.41. The zero-order valence-corrected chi connectivity index (χ0v) is 12.5. The smallest absolute Gasteiger partial charge is 0.320 e. The number of nitrogens with zero attached hydrogens (tertiary/aromatic N) is 1. The van der Waals surface area contributed by atoms with Crippen LogP contribution in [0.1, 0.15) is 32.3 Å². The quantitative estimate of drug-likeness (QED) is 0.731. The molecule has 0 fully saturated rings. The minimum atomic E-state index is -0.909. The van der Waals surface area contributed by atoms with Gasteiger partial charge >= 0.3 is 11.9 Å². The minimum absolute atomic E-state index is 0.223. The number of hydrogen-bond donors (Lipinski definition) is 2. The fourth-order valence-corrected chi connectivity index (χ4v) is 2.29. The van der Waals surface area contributed by atoms with Crippen LogP contribution in [0.25, 0.3) is 0 Å². The van der Waals surface area contributed by atoms with Crippen molar-refractivity contribution in [2.24, 2.45) is 5.92 Å². The summed E-state index contributed by atoms with van der Waals surface area (Å²) in [4.78, 5) is 24.3. The molecule has 1 aromatic carbocycles. The van der Waals surface area contributed by atoms with Gasteiger partial charge in [0.2, 0.25) is 0 Å². The van der Waals surface area contributed by atoms with Crippen molar-refractivity contribution in [2.45, 2.75) is 39.3 Å². The van der Waals surface area contributed by atoms with E-state index in [-0.39, 0.29) is 6.54 Å². The molecule has 2 unspecified atom stereocenters. The summed E-state index contributed by atoms with van der Waals surface area (Å²) < 4.78 is 0. The molecule has 2 N–H and O–H groups in total. The summed E-state index contributed by atoms with van der Waals surface area (Å²) in [7, 11) is 0. The molecule has 0 aliphatic rings. The fraction of sp³-hybridized carbons (Fsp3) is 0.500. The summed E-state index contributed by atoms with van der Waals surface area (Å²) in [5.41, 5.74) is 0.984. The molecular formula is C16H23NO4. The summed E-state index contributed by atoms with van der Waals surface area (Å²) >= 11 is 0. The van der Waals surface area contributed by atoms with Crippen LogP contribution in [-0.2, 0) is 16.1 Å². The van der Waals surface area contributed by atoms with Crippen LogP contribution >= 0.6 is 0 Å². The molecule has 5 nitrogen and oxygen atoms in total. The van der Waals surface area contributed by atoms with E-state index in [1.54, 1.807) is 11.8 Å². The summed E-state index contributed by atoms with van der Waals surface area (Å²) in [6, 6.07) is 8.87. The highest BCUT2D eigenvalue weighted by Gasteiger charge is 2.27. The largest absolute Gasteiger partial charge is 0.481 e. The summed E-state index contributed by atoms with van der Waals surface area (Å²) in [6.45, 7) is 4.19. The van der Waals surface area contributed by atoms with Gasteiger partial charge in [0.05, 0.1) is 5.92 Å². The van der Waals surface area contributed by atoms with Gasteiger partial charge in [-0.05, 0) is 12.0 Å². The third-order valence-electron chi connectivity index (χ3n) is 3.45. The van der Waals surface area contributed by atoms with Gasteiger partial charge in [0, 0.05) is 13.1 Å². The number of rotatable bonds is 9. The number of benzene rings is 1. The predicted octanol–water partition coefficient (Wildman–Crippen LogP) is 2.46. The zero-order valence-electron chi connectivity index (χ0n) is 12.5. The molecule has 5 heteroatoms. The Labute approximate surface area is 125 Å². The van der Waals surface area contributed by atoms with Crippen molar-refractivity contribution in [3.8, 4) is 0 Å². The van der Waals surface area contributed by atoms with Crippen LogP contribution in [0.5, 0.6) is 0 Å². The fourth-order valence-electron chi connectivity index (χ4n) is 2.29. The first kappa shape index (κ1) is 17.2. The molecule has 116 valence electrons. The Morgan fingerprint density at radius 1 is 1.14 bits per heavy atom. The maximum absolute atomic E-state index is 11.5. The third-order valence-corrected chi connectivity index (χ3v) is 3.45. The van der Waals surface area contributed by atoms with Gasteiger partial charge in [-0.25, -0.2) is 0 Å². The van der Waals surface area contributed by atoms with E-state index < -0.39 is 23.9 Å². The molecule has 0 aromatic heterocycles. The molecule has 0 bridgehead atoms. The van der Waals surface area contributed by atoms with Crippen LogP contribution in [0.15, 0.2) is 30.3 Å². The highest BCUT2D eigenvalue weighted by Crippen LogP contribution is 2.15. The lowest BCUT2D eigenvalue weighted by molar-refractivity contribution is -0.147. The lowest BCUT2D eigenvalue weighted by Crippen LogP contribution is -2.44. The van der Waals surface area contributed by atoms with Crippen molar-refractivity contribution >= 4 is 11.9 Å². The van der Waals surface area contributed by atoms with Gasteiger partial charge in [-0.15, -0.1) is 0 Å².